The summed E-state index contributed by atoms with van der Waals surface area (Å²) in [4.78, 5) is 24.0. The molecule has 1 unspecified atom stereocenters. The zero-order valence-electron chi connectivity index (χ0n) is 17.3. The fraction of sp³-hybridized carbons (Fsp3) is 0.286. The van der Waals surface area contributed by atoms with Crippen molar-refractivity contribution in [1.82, 2.24) is 0 Å². The molecule has 31 heavy (non-hydrogen) atoms. The Kier molecular flexibility index (Phi) is 8.50. The van der Waals surface area contributed by atoms with Gasteiger partial charge in [-0.3, -0.25) is 4.79 Å². The van der Waals surface area contributed by atoms with Crippen LogP contribution in [0.2, 0.25) is 0 Å². The van der Waals surface area contributed by atoms with Crippen LogP contribution in [0.5, 0.6) is 11.5 Å². The number of carbonyl (C=O) groups excluding carboxylic acids is 2. The van der Waals surface area contributed by atoms with Crippen molar-refractivity contribution in [3.8, 4) is 11.5 Å². The Balaban J connectivity index is 2.44. The highest BCUT2D eigenvalue weighted by Gasteiger charge is 2.26. The van der Waals surface area contributed by atoms with Crippen molar-refractivity contribution in [2.75, 3.05) is 25.1 Å². The van der Waals surface area contributed by atoms with Gasteiger partial charge in [-0.05, 0) is 56.3 Å². The molecular weight excluding hydrogens is 404 g/mol. The van der Waals surface area contributed by atoms with Crippen molar-refractivity contribution >= 4 is 23.4 Å². The summed E-state index contributed by atoms with van der Waals surface area (Å²) in [6.07, 6.45) is 0. The SMILES string of the molecule is CCOC(=O)C(Nc1ccc(C(N)=NO)cc1)c1cc(OCC)ccc1OCC(N)=O. The number of anilines is 1. The highest BCUT2D eigenvalue weighted by Crippen LogP contribution is 2.33. The number of benzene rings is 2. The lowest BCUT2D eigenvalue weighted by Gasteiger charge is -2.22. The first-order valence-electron chi connectivity index (χ1n) is 9.58. The van der Waals surface area contributed by atoms with Crippen LogP contribution in [-0.2, 0) is 14.3 Å². The minimum absolute atomic E-state index is 0.0416. The number of amides is 1. The van der Waals surface area contributed by atoms with Crippen molar-refractivity contribution in [2.24, 2.45) is 16.6 Å². The monoisotopic (exact) mass is 430 g/mol. The van der Waals surface area contributed by atoms with Crippen LogP contribution in [0.3, 0.4) is 0 Å². The number of primary amides is 1. The smallest absolute Gasteiger partial charge is 0.333 e. The summed E-state index contributed by atoms with van der Waals surface area (Å²) in [5.74, 6) is -0.455. The number of carbonyl (C=O) groups is 2. The van der Waals surface area contributed by atoms with E-state index in [1.807, 2.05) is 6.92 Å². The van der Waals surface area contributed by atoms with Gasteiger partial charge in [-0.1, -0.05) is 5.16 Å². The molecule has 0 aliphatic carbocycles. The number of hydrogen-bond donors (Lipinski definition) is 4. The molecule has 10 nitrogen and oxygen atoms in total. The first kappa shape index (κ1) is 23.3. The lowest BCUT2D eigenvalue weighted by molar-refractivity contribution is -0.144. The van der Waals surface area contributed by atoms with Gasteiger partial charge < -0.3 is 36.2 Å². The van der Waals surface area contributed by atoms with Gasteiger partial charge in [0.1, 0.15) is 11.5 Å². The van der Waals surface area contributed by atoms with Gasteiger partial charge in [0.25, 0.3) is 5.91 Å². The zero-order chi connectivity index (χ0) is 22.8. The van der Waals surface area contributed by atoms with Gasteiger partial charge in [0.2, 0.25) is 0 Å². The van der Waals surface area contributed by atoms with Crippen LogP contribution >= 0.6 is 0 Å². The summed E-state index contributed by atoms with van der Waals surface area (Å²) in [6, 6.07) is 10.5. The molecule has 0 saturated carbocycles. The van der Waals surface area contributed by atoms with Gasteiger partial charge in [0.15, 0.2) is 18.5 Å². The maximum absolute atomic E-state index is 12.8. The van der Waals surface area contributed by atoms with Crippen LogP contribution in [-0.4, -0.2) is 42.7 Å². The number of esters is 1. The van der Waals surface area contributed by atoms with Crippen LogP contribution in [0, 0.1) is 0 Å². The second-order valence-corrected chi connectivity index (χ2v) is 6.28. The number of oxime groups is 1. The molecule has 2 aromatic carbocycles. The fourth-order valence-electron chi connectivity index (χ4n) is 2.74. The number of nitrogens with one attached hydrogen (secondary N) is 1. The minimum Gasteiger partial charge on any atom is -0.494 e. The first-order chi connectivity index (χ1) is 14.9. The van der Waals surface area contributed by atoms with Gasteiger partial charge in [-0.2, -0.15) is 0 Å². The standard InChI is InChI=1S/C21H26N4O6/c1-3-29-15-9-10-17(31-12-18(22)26)16(11-15)19(21(27)30-4-2)24-14-7-5-13(6-8-14)20(23)25-28/h5-11,19,24,28H,3-4,12H2,1-2H3,(H2,22,26)(H2,23,25). The molecule has 0 bridgehead atoms. The first-order valence-corrected chi connectivity index (χ1v) is 9.58. The molecule has 0 aliphatic heterocycles. The quantitative estimate of drug-likeness (QED) is 0.138. The molecular formula is C21H26N4O6. The van der Waals surface area contributed by atoms with Crippen molar-refractivity contribution in [3.05, 3.63) is 53.6 Å². The molecule has 0 aliphatic rings. The maximum Gasteiger partial charge on any atom is 0.333 e. The topological polar surface area (TPSA) is 158 Å². The zero-order valence-corrected chi connectivity index (χ0v) is 17.3. The van der Waals surface area contributed by atoms with E-state index in [1.165, 1.54) is 0 Å². The predicted octanol–water partition coefficient (Wildman–Crippen LogP) is 1.76. The van der Waals surface area contributed by atoms with E-state index in [9.17, 15) is 9.59 Å². The van der Waals surface area contributed by atoms with E-state index in [2.05, 4.69) is 10.5 Å². The summed E-state index contributed by atoms with van der Waals surface area (Å²) in [5.41, 5.74) is 12.3. The molecule has 10 heteroatoms. The summed E-state index contributed by atoms with van der Waals surface area (Å²) in [5, 5.41) is 14.8. The molecule has 166 valence electrons. The van der Waals surface area contributed by atoms with E-state index in [0.717, 1.165) is 0 Å². The summed E-state index contributed by atoms with van der Waals surface area (Å²) in [7, 11) is 0. The van der Waals surface area contributed by atoms with E-state index in [0.29, 0.717) is 29.2 Å². The van der Waals surface area contributed by atoms with Crippen LogP contribution in [0.15, 0.2) is 47.6 Å². The van der Waals surface area contributed by atoms with Crippen LogP contribution in [0.25, 0.3) is 0 Å². The average Bonchev–Trinajstić information content (AvgIpc) is 2.76. The van der Waals surface area contributed by atoms with Gasteiger partial charge in [0.05, 0.1) is 13.2 Å². The third kappa shape index (κ3) is 6.53. The maximum atomic E-state index is 12.8. The van der Waals surface area contributed by atoms with Crippen LogP contribution in [0.1, 0.15) is 31.0 Å². The van der Waals surface area contributed by atoms with Crippen molar-refractivity contribution < 1.29 is 29.0 Å². The van der Waals surface area contributed by atoms with Crippen molar-refractivity contribution in [1.29, 1.82) is 0 Å². The average molecular weight is 430 g/mol. The third-order valence-corrected chi connectivity index (χ3v) is 4.09. The molecule has 0 radical (unpaired) electrons. The Morgan fingerprint density at radius 2 is 1.77 bits per heavy atom. The summed E-state index contributed by atoms with van der Waals surface area (Å²) in [6.45, 7) is 3.77. The molecule has 1 amide bonds. The Hall–Kier alpha value is -3.95. The fourth-order valence-corrected chi connectivity index (χ4v) is 2.74. The molecule has 6 N–H and O–H groups in total. The predicted molar refractivity (Wildman–Crippen MR) is 114 cm³/mol. The van der Waals surface area contributed by atoms with Gasteiger partial charge in [0, 0.05) is 16.8 Å². The van der Waals surface area contributed by atoms with E-state index in [1.54, 1.807) is 49.4 Å². The van der Waals surface area contributed by atoms with E-state index >= 15 is 0 Å². The number of rotatable bonds is 11. The largest absolute Gasteiger partial charge is 0.494 e. The molecule has 1 atom stereocenters. The van der Waals surface area contributed by atoms with Crippen molar-refractivity contribution in [2.45, 2.75) is 19.9 Å². The molecule has 0 aromatic heterocycles. The lowest BCUT2D eigenvalue weighted by Crippen LogP contribution is -2.25. The summed E-state index contributed by atoms with van der Waals surface area (Å²) >= 11 is 0. The highest BCUT2D eigenvalue weighted by atomic mass is 16.5. The van der Waals surface area contributed by atoms with E-state index < -0.39 is 17.9 Å². The number of nitrogens with zero attached hydrogens (tertiary/aromatic N) is 1. The second kappa shape index (κ2) is 11.3. The van der Waals surface area contributed by atoms with Crippen molar-refractivity contribution in [3.63, 3.8) is 0 Å². The Morgan fingerprint density at radius 3 is 2.35 bits per heavy atom. The second-order valence-electron chi connectivity index (χ2n) is 6.28. The number of hydrogen-bond acceptors (Lipinski definition) is 8. The van der Waals surface area contributed by atoms with Gasteiger partial charge in [-0.15, -0.1) is 0 Å². The number of ether oxygens (including phenoxy) is 3. The Labute approximate surface area is 179 Å². The lowest BCUT2D eigenvalue weighted by atomic mass is 10.0. The number of nitrogens with two attached hydrogens (primary N) is 2. The molecule has 0 heterocycles. The molecule has 0 spiro atoms. The van der Waals surface area contributed by atoms with Gasteiger partial charge >= 0.3 is 5.97 Å². The molecule has 0 saturated heterocycles. The van der Waals surface area contributed by atoms with Crippen LogP contribution in [0.4, 0.5) is 5.69 Å². The van der Waals surface area contributed by atoms with Gasteiger partial charge in [-0.25, -0.2) is 4.79 Å². The van der Waals surface area contributed by atoms with Crippen LogP contribution < -0.4 is 26.3 Å². The Bertz CT molecular complexity index is 930. The van der Waals surface area contributed by atoms with E-state index in [4.69, 9.17) is 30.9 Å². The molecule has 2 rings (SSSR count). The molecule has 0 fully saturated rings. The summed E-state index contributed by atoms with van der Waals surface area (Å²) < 4.78 is 16.3. The number of amidine groups is 1. The highest BCUT2D eigenvalue weighted by molar-refractivity contribution is 5.97. The third-order valence-electron chi connectivity index (χ3n) is 4.09. The van der Waals surface area contributed by atoms with E-state index in [-0.39, 0.29) is 24.8 Å². The minimum atomic E-state index is -0.974. The molecule has 2 aromatic rings. The normalized spacial score (nSPS) is 12.0. The Morgan fingerprint density at radius 1 is 1.06 bits per heavy atom.